The monoisotopic (exact) mass is 268 g/mol. The molecule has 0 saturated carbocycles. The Hall–Kier alpha value is -1.96. The minimum atomic E-state index is 0.478. The van der Waals surface area contributed by atoms with Gasteiger partial charge in [-0.25, -0.2) is 0 Å². The van der Waals surface area contributed by atoms with E-state index >= 15 is 0 Å². The second kappa shape index (κ2) is 6.47. The van der Waals surface area contributed by atoms with Gasteiger partial charge in [0.25, 0.3) is 0 Å². The van der Waals surface area contributed by atoms with Gasteiger partial charge in [0.15, 0.2) is 0 Å². The average molecular weight is 268 g/mol. The first-order valence-electron chi connectivity index (χ1n) is 7.16. The lowest BCUT2D eigenvalue weighted by Gasteiger charge is -2.29. The van der Waals surface area contributed by atoms with Crippen LogP contribution >= 0.6 is 0 Å². The summed E-state index contributed by atoms with van der Waals surface area (Å²) in [6.07, 6.45) is 0. The number of hydrogen-bond donors (Lipinski definition) is 0. The predicted octanol–water partition coefficient (Wildman–Crippen LogP) is 4.17. The molecule has 20 heavy (non-hydrogen) atoms. The maximum Gasteiger partial charge on any atom is 0.0432 e. The molecule has 0 aromatic heterocycles. The van der Waals surface area contributed by atoms with Crippen molar-refractivity contribution in [2.75, 3.05) is 23.9 Å². The SMILES string of the molecule is CC(C)N(Cc1ccc(N(C)C)cc1)c1ccccc1. The van der Waals surface area contributed by atoms with E-state index in [1.165, 1.54) is 16.9 Å². The Morgan fingerprint density at radius 3 is 1.90 bits per heavy atom. The third-order valence-corrected chi connectivity index (χ3v) is 3.52. The molecule has 0 fully saturated rings. The highest BCUT2D eigenvalue weighted by Gasteiger charge is 2.10. The topological polar surface area (TPSA) is 6.48 Å². The maximum absolute atomic E-state index is 2.42. The van der Waals surface area contributed by atoms with Gasteiger partial charge in [-0.15, -0.1) is 0 Å². The molecule has 0 aliphatic rings. The van der Waals surface area contributed by atoms with Crippen molar-refractivity contribution in [3.8, 4) is 0 Å². The molecule has 0 N–H and O–H groups in total. The van der Waals surface area contributed by atoms with E-state index in [9.17, 15) is 0 Å². The molecule has 0 heterocycles. The number of anilines is 2. The molecular weight excluding hydrogens is 244 g/mol. The van der Waals surface area contributed by atoms with E-state index in [0.29, 0.717) is 6.04 Å². The Kier molecular flexibility index (Phi) is 4.67. The van der Waals surface area contributed by atoms with E-state index in [-0.39, 0.29) is 0 Å². The van der Waals surface area contributed by atoms with Crippen molar-refractivity contribution in [1.29, 1.82) is 0 Å². The normalized spacial score (nSPS) is 10.7. The predicted molar refractivity (Wildman–Crippen MR) is 88.5 cm³/mol. The molecule has 2 nitrogen and oxygen atoms in total. The molecule has 0 aliphatic carbocycles. The second-order valence-corrected chi connectivity index (χ2v) is 5.62. The fourth-order valence-corrected chi connectivity index (χ4v) is 2.29. The van der Waals surface area contributed by atoms with Crippen LogP contribution in [0, 0.1) is 0 Å². The third-order valence-electron chi connectivity index (χ3n) is 3.52. The lowest BCUT2D eigenvalue weighted by molar-refractivity contribution is 0.682. The highest BCUT2D eigenvalue weighted by molar-refractivity contribution is 5.50. The summed E-state index contributed by atoms with van der Waals surface area (Å²) in [5.74, 6) is 0. The van der Waals surface area contributed by atoms with E-state index in [2.05, 4.69) is 92.3 Å². The van der Waals surface area contributed by atoms with Gasteiger partial charge in [-0.2, -0.15) is 0 Å². The highest BCUT2D eigenvalue weighted by Crippen LogP contribution is 2.21. The maximum atomic E-state index is 2.42. The van der Waals surface area contributed by atoms with Gasteiger partial charge in [0.1, 0.15) is 0 Å². The molecule has 106 valence electrons. The molecule has 0 amide bonds. The zero-order valence-electron chi connectivity index (χ0n) is 12.9. The van der Waals surface area contributed by atoms with E-state index < -0.39 is 0 Å². The molecule has 2 rings (SSSR count). The van der Waals surface area contributed by atoms with Gasteiger partial charge in [0.05, 0.1) is 0 Å². The third kappa shape index (κ3) is 3.53. The zero-order chi connectivity index (χ0) is 14.5. The molecule has 0 unspecified atom stereocenters. The molecule has 0 spiro atoms. The molecule has 2 heteroatoms. The van der Waals surface area contributed by atoms with Crippen molar-refractivity contribution in [2.24, 2.45) is 0 Å². The Morgan fingerprint density at radius 1 is 0.800 bits per heavy atom. The van der Waals surface area contributed by atoms with Crippen LogP contribution in [-0.2, 0) is 6.54 Å². The standard InChI is InChI=1S/C18H24N2/c1-15(2)20(18-8-6-5-7-9-18)14-16-10-12-17(13-11-16)19(3)4/h5-13,15H,14H2,1-4H3. The van der Waals surface area contributed by atoms with Crippen molar-refractivity contribution in [3.05, 3.63) is 60.2 Å². The van der Waals surface area contributed by atoms with Crippen LogP contribution in [0.2, 0.25) is 0 Å². The number of rotatable bonds is 5. The van der Waals surface area contributed by atoms with E-state index in [0.717, 1.165) is 6.54 Å². The Balaban J connectivity index is 2.17. The van der Waals surface area contributed by atoms with Crippen molar-refractivity contribution in [3.63, 3.8) is 0 Å². The van der Waals surface area contributed by atoms with Gasteiger partial charge in [0, 0.05) is 38.1 Å². The molecular formula is C18H24N2. The van der Waals surface area contributed by atoms with Crippen molar-refractivity contribution < 1.29 is 0 Å². The van der Waals surface area contributed by atoms with Crippen molar-refractivity contribution in [1.82, 2.24) is 0 Å². The van der Waals surface area contributed by atoms with Crippen LogP contribution in [0.15, 0.2) is 54.6 Å². The number of para-hydroxylation sites is 1. The summed E-state index contributed by atoms with van der Waals surface area (Å²) in [7, 11) is 4.14. The smallest absolute Gasteiger partial charge is 0.0432 e. The summed E-state index contributed by atoms with van der Waals surface area (Å²) in [6, 6.07) is 19.9. The van der Waals surface area contributed by atoms with Gasteiger partial charge in [-0.3, -0.25) is 0 Å². The van der Waals surface area contributed by atoms with E-state index in [1.807, 2.05) is 0 Å². The summed E-state index contributed by atoms with van der Waals surface area (Å²) >= 11 is 0. The first-order chi connectivity index (χ1) is 9.58. The summed E-state index contributed by atoms with van der Waals surface area (Å²) in [5.41, 5.74) is 3.86. The molecule has 0 saturated heterocycles. The fraction of sp³-hybridized carbons (Fsp3) is 0.333. The van der Waals surface area contributed by atoms with Gasteiger partial charge in [0.2, 0.25) is 0 Å². The summed E-state index contributed by atoms with van der Waals surface area (Å²) in [5, 5.41) is 0. The van der Waals surface area contributed by atoms with Crippen LogP contribution in [0.5, 0.6) is 0 Å². The van der Waals surface area contributed by atoms with Gasteiger partial charge in [-0.1, -0.05) is 30.3 Å². The van der Waals surface area contributed by atoms with Crippen molar-refractivity contribution >= 4 is 11.4 Å². The Morgan fingerprint density at radius 2 is 1.40 bits per heavy atom. The summed E-state index contributed by atoms with van der Waals surface area (Å²) < 4.78 is 0. The van der Waals surface area contributed by atoms with Gasteiger partial charge >= 0.3 is 0 Å². The summed E-state index contributed by atoms with van der Waals surface area (Å²) in [4.78, 5) is 4.55. The molecule has 0 atom stereocenters. The Bertz CT molecular complexity index is 515. The summed E-state index contributed by atoms with van der Waals surface area (Å²) in [6.45, 7) is 5.41. The molecule has 0 aliphatic heterocycles. The van der Waals surface area contributed by atoms with Crippen molar-refractivity contribution in [2.45, 2.75) is 26.4 Å². The van der Waals surface area contributed by atoms with Crippen LogP contribution in [0.1, 0.15) is 19.4 Å². The quantitative estimate of drug-likeness (QED) is 0.803. The number of hydrogen-bond acceptors (Lipinski definition) is 2. The Labute approximate surface area is 122 Å². The lowest BCUT2D eigenvalue weighted by Crippen LogP contribution is -2.30. The number of nitrogens with zero attached hydrogens (tertiary/aromatic N) is 2. The van der Waals surface area contributed by atoms with Crippen LogP contribution in [0.25, 0.3) is 0 Å². The van der Waals surface area contributed by atoms with Crippen LogP contribution in [0.3, 0.4) is 0 Å². The number of benzene rings is 2. The van der Waals surface area contributed by atoms with Crippen LogP contribution in [-0.4, -0.2) is 20.1 Å². The van der Waals surface area contributed by atoms with E-state index in [1.54, 1.807) is 0 Å². The average Bonchev–Trinajstić information content (AvgIpc) is 2.46. The van der Waals surface area contributed by atoms with Crippen LogP contribution < -0.4 is 9.80 Å². The second-order valence-electron chi connectivity index (χ2n) is 5.62. The zero-order valence-corrected chi connectivity index (χ0v) is 12.9. The fourth-order valence-electron chi connectivity index (χ4n) is 2.29. The lowest BCUT2D eigenvalue weighted by atomic mass is 10.1. The van der Waals surface area contributed by atoms with Gasteiger partial charge in [-0.05, 0) is 43.7 Å². The molecule has 0 radical (unpaired) electrons. The van der Waals surface area contributed by atoms with Crippen LogP contribution in [0.4, 0.5) is 11.4 Å². The largest absolute Gasteiger partial charge is 0.378 e. The molecule has 0 bridgehead atoms. The molecule has 2 aromatic rings. The highest BCUT2D eigenvalue weighted by atomic mass is 15.1. The van der Waals surface area contributed by atoms with Gasteiger partial charge < -0.3 is 9.80 Å². The first-order valence-corrected chi connectivity index (χ1v) is 7.16. The first kappa shape index (κ1) is 14.4. The molecule has 2 aromatic carbocycles. The minimum absolute atomic E-state index is 0.478. The van der Waals surface area contributed by atoms with E-state index in [4.69, 9.17) is 0 Å². The minimum Gasteiger partial charge on any atom is -0.378 e.